The third kappa shape index (κ3) is 2.52. The third-order valence-corrected chi connectivity index (χ3v) is 1.95. The molecule has 1 heterocycles. The van der Waals surface area contributed by atoms with Crippen molar-refractivity contribution in [3.05, 3.63) is 33.6 Å². The topological polar surface area (TPSA) is 56.0 Å². The van der Waals surface area contributed by atoms with Crippen LogP contribution in [0.4, 0.5) is 5.69 Å². The Labute approximate surface area is 83.1 Å². The van der Waals surface area contributed by atoms with Gasteiger partial charge < -0.3 is 0 Å². The van der Waals surface area contributed by atoms with E-state index in [2.05, 4.69) is 18.8 Å². The minimum Gasteiger partial charge on any atom is -0.258 e. The molecule has 0 unspecified atom stereocenters. The number of rotatable bonds is 3. The van der Waals surface area contributed by atoms with Crippen molar-refractivity contribution in [1.29, 1.82) is 0 Å². The van der Waals surface area contributed by atoms with E-state index in [0.717, 1.165) is 12.1 Å². The Bertz CT molecular complexity index is 348. The van der Waals surface area contributed by atoms with Crippen molar-refractivity contribution in [3.63, 3.8) is 0 Å². The highest BCUT2D eigenvalue weighted by atomic mass is 16.6. The number of aryl methyl sites for hydroxylation is 1. The maximum Gasteiger partial charge on any atom is 0.290 e. The van der Waals surface area contributed by atoms with Crippen LogP contribution in [0.3, 0.4) is 0 Å². The van der Waals surface area contributed by atoms with E-state index in [4.69, 9.17) is 0 Å². The van der Waals surface area contributed by atoms with Gasteiger partial charge in [-0.3, -0.25) is 15.1 Å². The zero-order chi connectivity index (χ0) is 10.7. The monoisotopic (exact) mass is 194 g/mol. The van der Waals surface area contributed by atoms with Gasteiger partial charge in [-0.25, -0.2) is 0 Å². The second-order valence-corrected chi connectivity index (χ2v) is 3.82. The Morgan fingerprint density at radius 1 is 1.57 bits per heavy atom. The van der Waals surface area contributed by atoms with E-state index in [9.17, 15) is 10.1 Å². The summed E-state index contributed by atoms with van der Waals surface area (Å²) in [6.45, 7) is 5.93. The molecular formula is C10H14N2O2. The van der Waals surface area contributed by atoms with Crippen molar-refractivity contribution < 1.29 is 4.92 Å². The maximum absolute atomic E-state index is 10.5. The average molecular weight is 194 g/mol. The highest BCUT2D eigenvalue weighted by molar-refractivity contribution is 5.37. The van der Waals surface area contributed by atoms with E-state index in [-0.39, 0.29) is 5.69 Å². The average Bonchev–Trinajstić information content (AvgIpc) is 2.01. The number of aromatic nitrogens is 1. The lowest BCUT2D eigenvalue weighted by Crippen LogP contribution is -2.00. The van der Waals surface area contributed by atoms with Crippen LogP contribution in [-0.2, 0) is 6.42 Å². The van der Waals surface area contributed by atoms with E-state index >= 15 is 0 Å². The fourth-order valence-electron chi connectivity index (χ4n) is 1.33. The Morgan fingerprint density at radius 3 is 2.64 bits per heavy atom. The molecule has 1 aromatic rings. The Balaban J connectivity index is 2.94. The molecule has 0 saturated heterocycles. The molecule has 0 aliphatic heterocycles. The largest absolute Gasteiger partial charge is 0.290 e. The molecule has 0 spiro atoms. The first-order valence-corrected chi connectivity index (χ1v) is 4.60. The first-order chi connectivity index (χ1) is 6.50. The Morgan fingerprint density at radius 2 is 2.21 bits per heavy atom. The lowest BCUT2D eigenvalue weighted by Gasteiger charge is -2.04. The summed E-state index contributed by atoms with van der Waals surface area (Å²) in [4.78, 5) is 14.2. The number of hydrogen-bond acceptors (Lipinski definition) is 3. The number of hydrogen-bond donors (Lipinski definition) is 0. The van der Waals surface area contributed by atoms with Crippen molar-refractivity contribution in [1.82, 2.24) is 4.98 Å². The molecule has 4 nitrogen and oxygen atoms in total. The fraction of sp³-hybridized carbons (Fsp3) is 0.500. The molecule has 76 valence electrons. The molecule has 0 saturated carbocycles. The van der Waals surface area contributed by atoms with Crippen LogP contribution in [0.15, 0.2) is 12.3 Å². The van der Waals surface area contributed by atoms with Gasteiger partial charge in [0.2, 0.25) is 0 Å². The number of pyridine rings is 1. The van der Waals surface area contributed by atoms with Crippen molar-refractivity contribution in [3.8, 4) is 0 Å². The van der Waals surface area contributed by atoms with E-state index in [1.54, 1.807) is 13.0 Å². The molecule has 0 radical (unpaired) electrons. The van der Waals surface area contributed by atoms with Crippen LogP contribution in [0.25, 0.3) is 0 Å². The van der Waals surface area contributed by atoms with E-state index < -0.39 is 4.92 Å². The Kier molecular flexibility index (Phi) is 3.17. The maximum atomic E-state index is 10.5. The van der Waals surface area contributed by atoms with Gasteiger partial charge in [-0.2, -0.15) is 0 Å². The van der Waals surface area contributed by atoms with Gasteiger partial charge in [0, 0.05) is 11.3 Å². The SMILES string of the molecule is Cc1cc(CC(C)C)ncc1[N+](=O)[O-]. The first kappa shape index (κ1) is 10.6. The zero-order valence-electron chi connectivity index (χ0n) is 8.65. The van der Waals surface area contributed by atoms with Crippen molar-refractivity contribution in [2.75, 3.05) is 0 Å². The van der Waals surface area contributed by atoms with Gasteiger partial charge in [-0.1, -0.05) is 13.8 Å². The van der Waals surface area contributed by atoms with Crippen LogP contribution in [0.1, 0.15) is 25.1 Å². The molecule has 4 heteroatoms. The van der Waals surface area contributed by atoms with E-state index in [0.29, 0.717) is 11.5 Å². The van der Waals surface area contributed by atoms with E-state index in [1.165, 1.54) is 6.20 Å². The predicted molar refractivity (Wildman–Crippen MR) is 54.2 cm³/mol. The van der Waals surface area contributed by atoms with Gasteiger partial charge >= 0.3 is 0 Å². The van der Waals surface area contributed by atoms with Gasteiger partial charge in [0.15, 0.2) is 0 Å². The minimum atomic E-state index is -0.401. The van der Waals surface area contributed by atoms with Crippen molar-refractivity contribution >= 4 is 5.69 Å². The summed E-state index contributed by atoms with van der Waals surface area (Å²) in [5.41, 5.74) is 1.70. The summed E-state index contributed by atoms with van der Waals surface area (Å²) in [5.74, 6) is 0.517. The van der Waals surface area contributed by atoms with Crippen LogP contribution in [0, 0.1) is 23.0 Å². The summed E-state index contributed by atoms with van der Waals surface area (Å²) in [7, 11) is 0. The summed E-state index contributed by atoms with van der Waals surface area (Å²) in [6.07, 6.45) is 2.20. The van der Waals surface area contributed by atoms with Gasteiger partial charge in [0.25, 0.3) is 5.69 Å². The third-order valence-electron chi connectivity index (χ3n) is 1.95. The normalized spacial score (nSPS) is 10.6. The molecule has 14 heavy (non-hydrogen) atoms. The summed E-state index contributed by atoms with van der Waals surface area (Å²) < 4.78 is 0. The van der Waals surface area contributed by atoms with Gasteiger partial charge in [-0.05, 0) is 25.3 Å². The number of nitrogens with zero attached hydrogens (tertiary/aromatic N) is 2. The molecule has 0 aliphatic rings. The lowest BCUT2D eigenvalue weighted by molar-refractivity contribution is -0.385. The summed E-state index contributed by atoms with van der Waals surface area (Å²) in [5, 5.41) is 10.5. The van der Waals surface area contributed by atoms with Crippen LogP contribution >= 0.6 is 0 Å². The molecule has 0 atom stereocenters. The van der Waals surface area contributed by atoms with Crippen molar-refractivity contribution in [2.24, 2.45) is 5.92 Å². The van der Waals surface area contributed by atoms with Crippen LogP contribution in [0.2, 0.25) is 0 Å². The molecule has 1 aromatic heterocycles. The standard InChI is InChI=1S/C10H14N2O2/c1-7(2)4-9-5-8(3)10(6-11-9)12(13)14/h5-7H,4H2,1-3H3. The van der Waals surface area contributed by atoms with Crippen LogP contribution < -0.4 is 0 Å². The molecule has 0 aromatic carbocycles. The molecule has 0 bridgehead atoms. The van der Waals surface area contributed by atoms with Gasteiger partial charge in [0.1, 0.15) is 6.20 Å². The van der Waals surface area contributed by atoms with Crippen molar-refractivity contribution in [2.45, 2.75) is 27.2 Å². The van der Waals surface area contributed by atoms with Crippen LogP contribution in [0.5, 0.6) is 0 Å². The molecule has 0 N–H and O–H groups in total. The molecule has 0 fully saturated rings. The van der Waals surface area contributed by atoms with Gasteiger partial charge in [-0.15, -0.1) is 0 Å². The molecule has 1 rings (SSSR count). The molecule has 0 aliphatic carbocycles. The zero-order valence-corrected chi connectivity index (χ0v) is 8.65. The molecule has 0 amide bonds. The number of nitro groups is 1. The minimum absolute atomic E-state index is 0.0949. The van der Waals surface area contributed by atoms with Crippen LogP contribution in [-0.4, -0.2) is 9.91 Å². The quantitative estimate of drug-likeness (QED) is 0.548. The summed E-state index contributed by atoms with van der Waals surface area (Å²) in [6, 6.07) is 1.79. The molecular weight excluding hydrogens is 180 g/mol. The second kappa shape index (κ2) is 4.17. The lowest BCUT2D eigenvalue weighted by atomic mass is 10.1. The summed E-state index contributed by atoms with van der Waals surface area (Å²) >= 11 is 0. The predicted octanol–water partition coefficient (Wildman–Crippen LogP) is 2.50. The van der Waals surface area contributed by atoms with Gasteiger partial charge in [0.05, 0.1) is 4.92 Å². The Hall–Kier alpha value is -1.45. The first-order valence-electron chi connectivity index (χ1n) is 4.60. The highest BCUT2D eigenvalue weighted by Gasteiger charge is 2.11. The highest BCUT2D eigenvalue weighted by Crippen LogP contribution is 2.17. The smallest absolute Gasteiger partial charge is 0.258 e. The fourth-order valence-corrected chi connectivity index (χ4v) is 1.33. The second-order valence-electron chi connectivity index (χ2n) is 3.82. The van der Waals surface area contributed by atoms with E-state index in [1.807, 2.05) is 0 Å².